The summed E-state index contributed by atoms with van der Waals surface area (Å²) in [4.78, 5) is 1.76. The molecule has 2 saturated carbocycles. The molecule has 2 rings (SSSR count). The van der Waals surface area contributed by atoms with Gasteiger partial charge in [0.25, 0.3) is 0 Å². The molecule has 0 aromatic rings. The van der Waals surface area contributed by atoms with Crippen LogP contribution in [0.25, 0.3) is 0 Å². The van der Waals surface area contributed by atoms with Gasteiger partial charge in [0.05, 0.1) is 13.0 Å². The Morgan fingerprint density at radius 1 is 1.24 bits per heavy atom. The van der Waals surface area contributed by atoms with Crippen molar-refractivity contribution < 1.29 is 18.3 Å². The number of nitrogens with one attached hydrogen (secondary N) is 1. The Labute approximate surface area is 124 Å². The number of rotatable bonds is 8. The predicted molar refractivity (Wildman–Crippen MR) is 76.1 cm³/mol. The molecule has 0 bridgehead atoms. The summed E-state index contributed by atoms with van der Waals surface area (Å²) < 4.78 is 36.6. The summed E-state index contributed by atoms with van der Waals surface area (Å²) in [5.41, 5.74) is -0.188. The van der Waals surface area contributed by atoms with Crippen LogP contribution < -0.4 is 5.32 Å². The highest BCUT2D eigenvalue weighted by atomic mass is 19.4. The van der Waals surface area contributed by atoms with Crippen molar-refractivity contribution in [3.8, 4) is 0 Å². The van der Waals surface area contributed by atoms with E-state index in [4.69, 9.17) is 0 Å². The van der Waals surface area contributed by atoms with Crippen molar-refractivity contribution in [2.24, 2.45) is 5.92 Å². The van der Waals surface area contributed by atoms with E-state index in [1.165, 1.54) is 12.8 Å². The van der Waals surface area contributed by atoms with E-state index < -0.39 is 12.6 Å². The molecule has 0 aliphatic heterocycles. The average molecular weight is 308 g/mol. The lowest BCUT2D eigenvalue weighted by Crippen LogP contribution is -2.53. The summed E-state index contributed by atoms with van der Waals surface area (Å²) in [6.07, 6.45) is 1.53. The molecule has 124 valence electrons. The third-order valence-corrected chi connectivity index (χ3v) is 4.94. The van der Waals surface area contributed by atoms with Crippen molar-refractivity contribution in [2.45, 2.75) is 62.7 Å². The van der Waals surface area contributed by atoms with Crippen molar-refractivity contribution in [3.05, 3.63) is 0 Å². The zero-order chi connectivity index (χ0) is 15.5. The first-order chi connectivity index (χ1) is 9.85. The van der Waals surface area contributed by atoms with Crippen molar-refractivity contribution >= 4 is 0 Å². The molecule has 2 unspecified atom stereocenters. The summed E-state index contributed by atoms with van der Waals surface area (Å²) in [6.45, 7) is 0.855. The van der Waals surface area contributed by atoms with E-state index in [0.29, 0.717) is 18.5 Å². The lowest BCUT2D eigenvalue weighted by atomic mass is 9.85. The average Bonchev–Trinajstić information content (AvgIpc) is 3.13. The van der Waals surface area contributed by atoms with Gasteiger partial charge >= 0.3 is 6.18 Å². The molecule has 0 radical (unpaired) electrons. The number of hydrogen-bond donors (Lipinski definition) is 2. The fraction of sp³-hybridized carbons (Fsp3) is 1.00. The smallest absolute Gasteiger partial charge is 0.390 e. The van der Waals surface area contributed by atoms with Gasteiger partial charge in [-0.25, -0.2) is 0 Å². The van der Waals surface area contributed by atoms with Crippen LogP contribution in [-0.4, -0.2) is 54.5 Å². The van der Waals surface area contributed by atoms with Gasteiger partial charge in [-0.1, -0.05) is 6.42 Å². The fourth-order valence-corrected chi connectivity index (χ4v) is 3.45. The molecule has 21 heavy (non-hydrogen) atoms. The number of hydrogen-bond acceptors (Lipinski definition) is 3. The molecule has 0 aromatic carbocycles. The molecule has 0 aromatic heterocycles. The zero-order valence-corrected chi connectivity index (χ0v) is 12.8. The quantitative estimate of drug-likeness (QED) is 0.723. The molecular formula is C15H27F3N2O. The van der Waals surface area contributed by atoms with E-state index in [1.54, 1.807) is 11.9 Å². The van der Waals surface area contributed by atoms with Crippen molar-refractivity contribution in [1.82, 2.24) is 10.2 Å². The van der Waals surface area contributed by atoms with E-state index in [9.17, 15) is 18.3 Å². The Morgan fingerprint density at radius 2 is 1.95 bits per heavy atom. The van der Waals surface area contributed by atoms with Gasteiger partial charge in [0.15, 0.2) is 0 Å². The van der Waals surface area contributed by atoms with Crippen molar-refractivity contribution in [2.75, 3.05) is 26.7 Å². The summed E-state index contributed by atoms with van der Waals surface area (Å²) >= 11 is 0. The van der Waals surface area contributed by atoms with Gasteiger partial charge in [-0.05, 0) is 51.6 Å². The van der Waals surface area contributed by atoms with E-state index >= 15 is 0 Å². The highest BCUT2D eigenvalue weighted by Crippen LogP contribution is 2.40. The van der Waals surface area contributed by atoms with Crippen LogP contribution in [0.5, 0.6) is 0 Å². The molecular weight excluding hydrogens is 281 g/mol. The van der Waals surface area contributed by atoms with E-state index in [1.807, 2.05) is 0 Å². The fourth-order valence-electron chi connectivity index (χ4n) is 3.45. The van der Waals surface area contributed by atoms with Crippen molar-refractivity contribution in [3.63, 3.8) is 0 Å². The number of aliphatic hydroxyl groups excluding tert-OH is 1. The van der Waals surface area contributed by atoms with Gasteiger partial charge in [0, 0.05) is 18.1 Å². The molecule has 2 fully saturated rings. The molecule has 2 aliphatic carbocycles. The molecule has 3 nitrogen and oxygen atoms in total. The van der Waals surface area contributed by atoms with Crippen LogP contribution in [-0.2, 0) is 0 Å². The van der Waals surface area contributed by atoms with Crippen LogP contribution in [0.15, 0.2) is 0 Å². The Morgan fingerprint density at radius 3 is 2.52 bits per heavy atom. The largest absolute Gasteiger partial charge is 0.394 e. The molecule has 2 atom stereocenters. The third kappa shape index (κ3) is 5.11. The standard InChI is InChI=1S/C15H27F3N2O/c1-20(10-8-15(16,17)18)9-6-12-3-2-7-14(12,11-21)19-13-4-5-13/h12-13,19,21H,2-11H2,1H3. The Balaban J connectivity index is 1.77. The predicted octanol–water partition coefficient (Wildman–Crippen LogP) is 2.54. The van der Waals surface area contributed by atoms with E-state index in [-0.39, 0.29) is 18.7 Å². The van der Waals surface area contributed by atoms with Gasteiger partial charge in [-0.3, -0.25) is 0 Å². The molecule has 0 heterocycles. The van der Waals surface area contributed by atoms with E-state index in [0.717, 1.165) is 25.7 Å². The van der Waals surface area contributed by atoms with Crippen LogP contribution >= 0.6 is 0 Å². The van der Waals surface area contributed by atoms with E-state index in [2.05, 4.69) is 5.32 Å². The highest BCUT2D eigenvalue weighted by Gasteiger charge is 2.44. The number of alkyl halides is 3. The first-order valence-electron chi connectivity index (χ1n) is 7.98. The Kier molecular flexibility index (Phi) is 5.54. The summed E-state index contributed by atoms with van der Waals surface area (Å²) in [7, 11) is 1.75. The molecule has 6 heteroatoms. The van der Waals surface area contributed by atoms with Gasteiger partial charge < -0.3 is 15.3 Å². The lowest BCUT2D eigenvalue weighted by molar-refractivity contribution is -0.137. The maximum absolute atomic E-state index is 12.2. The minimum Gasteiger partial charge on any atom is -0.394 e. The van der Waals surface area contributed by atoms with Gasteiger partial charge in [-0.2, -0.15) is 13.2 Å². The monoisotopic (exact) mass is 308 g/mol. The number of halogens is 3. The Hall–Kier alpha value is -0.330. The van der Waals surface area contributed by atoms with Crippen LogP contribution in [0.2, 0.25) is 0 Å². The molecule has 0 spiro atoms. The van der Waals surface area contributed by atoms with Gasteiger partial charge in [-0.15, -0.1) is 0 Å². The number of nitrogens with zero attached hydrogens (tertiary/aromatic N) is 1. The second kappa shape index (κ2) is 6.84. The first kappa shape index (κ1) is 17.0. The SMILES string of the molecule is CN(CCC1CCCC1(CO)NC1CC1)CCC(F)(F)F. The Bertz CT molecular complexity index is 333. The minimum atomic E-state index is -4.08. The minimum absolute atomic E-state index is 0.0540. The van der Waals surface area contributed by atoms with Crippen molar-refractivity contribution in [1.29, 1.82) is 0 Å². The second-order valence-electron chi connectivity index (χ2n) is 6.78. The van der Waals surface area contributed by atoms with Crippen LogP contribution in [0.4, 0.5) is 13.2 Å². The maximum atomic E-state index is 12.2. The maximum Gasteiger partial charge on any atom is 0.390 e. The van der Waals surface area contributed by atoms with Gasteiger partial charge in [0.1, 0.15) is 0 Å². The summed E-state index contributed by atoms with van der Waals surface area (Å²) in [6, 6.07) is 0.542. The lowest BCUT2D eigenvalue weighted by Gasteiger charge is -2.36. The topological polar surface area (TPSA) is 35.5 Å². The summed E-state index contributed by atoms with van der Waals surface area (Å²) in [5.74, 6) is 0.372. The molecule has 2 aliphatic rings. The van der Waals surface area contributed by atoms with Crippen LogP contribution in [0.1, 0.15) is 44.9 Å². The normalized spacial score (nSPS) is 30.3. The molecule has 0 amide bonds. The van der Waals surface area contributed by atoms with Crippen LogP contribution in [0, 0.1) is 5.92 Å². The summed E-state index contributed by atoms with van der Waals surface area (Å²) in [5, 5.41) is 13.4. The molecule has 0 saturated heterocycles. The highest BCUT2D eigenvalue weighted by molar-refractivity contribution is 5.03. The first-order valence-corrected chi connectivity index (χ1v) is 7.98. The molecule has 2 N–H and O–H groups in total. The second-order valence-corrected chi connectivity index (χ2v) is 6.78. The van der Waals surface area contributed by atoms with Crippen LogP contribution in [0.3, 0.4) is 0 Å². The van der Waals surface area contributed by atoms with Gasteiger partial charge in [0.2, 0.25) is 0 Å². The third-order valence-electron chi connectivity index (χ3n) is 4.94. The zero-order valence-electron chi connectivity index (χ0n) is 12.8. The number of aliphatic hydroxyl groups is 1.